The van der Waals surface area contributed by atoms with E-state index in [-0.39, 0.29) is 5.97 Å². The van der Waals surface area contributed by atoms with Crippen molar-refractivity contribution in [2.24, 2.45) is 11.8 Å². The second-order valence-electron chi connectivity index (χ2n) is 5.07. The van der Waals surface area contributed by atoms with Crippen molar-refractivity contribution in [3.05, 3.63) is 28.2 Å². The Morgan fingerprint density at radius 1 is 1.39 bits per heavy atom. The van der Waals surface area contributed by atoms with Gasteiger partial charge in [-0.05, 0) is 52.4 Å². The summed E-state index contributed by atoms with van der Waals surface area (Å²) in [4.78, 5) is 11.9. The zero-order valence-corrected chi connectivity index (χ0v) is 12.7. The van der Waals surface area contributed by atoms with Crippen LogP contribution in [0.1, 0.15) is 37.6 Å². The molecule has 0 saturated carbocycles. The van der Waals surface area contributed by atoms with Crippen LogP contribution < -0.4 is 5.73 Å². The summed E-state index contributed by atoms with van der Waals surface area (Å²) in [7, 11) is 0. The van der Waals surface area contributed by atoms with E-state index >= 15 is 0 Å². The van der Waals surface area contributed by atoms with E-state index in [1.54, 1.807) is 18.2 Å². The summed E-state index contributed by atoms with van der Waals surface area (Å²) >= 11 is 3.32. The topological polar surface area (TPSA) is 52.3 Å². The van der Waals surface area contributed by atoms with Crippen LogP contribution in [0.4, 0.5) is 5.69 Å². The van der Waals surface area contributed by atoms with E-state index in [1.807, 2.05) is 0 Å². The first-order valence-electron chi connectivity index (χ1n) is 6.12. The maximum atomic E-state index is 11.9. The number of carbonyl (C=O) groups is 1. The summed E-state index contributed by atoms with van der Waals surface area (Å²) in [6.45, 7) is 6.85. The van der Waals surface area contributed by atoms with Crippen LogP contribution >= 0.6 is 15.9 Å². The normalized spacial score (nSPS) is 12.5. The van der Waals surface area contributed by atoms with Crippen LogP contribution in [0, 0.1) is 11.8 Å². The van der Waals surface area contributed by atoms with Crippen LogP contribution in [0.2, 0.25) is 0 Å². The average Bonchev–Trinajstić information content (AvgIpc) is 2.28. The third-order valence-corrected chi connectivity index (χ3v) is 3.27. The van der Waals surface area contributed by atoms with Gasteiger partial charge in [-0.15, -0.1) is 0 Å². The number of esters is 1. The molecule has 0 saturated heterocycles. The zero-order valence-electron chi connectivity index (χ0n) is 11.1. The van der Waals surface area contributed by atoms with Gasteiger partial charge in [-0.1, -0.05) is 20.8 Å². The van der Waals surface area contributed by atoms with Gasteiger partial charge in [0.15, 0.2) is 0 Å². The molecule has 0 aromatic heterocycles. The van der Waals surface area contributed by atoms with Gasteiger partial charge in [0.05, 0.1) is 12.2 Å². The van der Waals surface area contributed by atoms with Crippen LogP contribution in [0.3, 0.4) is 0 Å². The molecule has 0 fully saturated rings. The van der Waals surface area contributed by atoms with Crippen molar-refractivity contribution >= 4 is 27.6 Å². The molecule has 0 aliphatic rings. The van der Waals surface area contributed by atoms with Crippen LogP contribution in [0.15, 0.2) is 22.7 Å². The van der Waals surface area contributed by atoms with E-state index in [2.05, 4.69) is 36.7 Å². The van der Waals surface area contributed by atoms with Crippen LogP contribution in [-0.4, -0.2) is 12.6 Å². The lowest BCUT2D eigenvalue weighted by Crippen LogP contribution is -2.14. The van der Waals surface area contributed by atoms with Gasteiger partial charge >= 0.3 is 5.97 Å². The number of anilines is 1. The van der Waals surface area contributed by atoms with Crippen LogP contribution in [-0.2, 0) is 4.74 Å². The van der Waals surface area contributed by atoms with E-state index in [1.165, 1.54) is 0 Å². The minimum absolute atomic E-state index is 0.329. The minimum Gasteiger partial charge on any atom is -0.462 e. The molecule has 1 aromatic rings. The van der Waals surface area contributed by atoms with Crippen molar-refractivity contribution in [1.29, 1.82) is 0 Å². The Hall–Kier alpha value is -1.03. The molecule has 4 heteroatoms. The van der Waals surface area contributed by atoms with Gasteiger partial charge in [-0.25, -0.2) is 4.79 Å². The lowest BCUT2D eigenvalue weighted by Gasteiger charge is -2.14. The molecule has 0 radical (unpaired) electrons. The molecule has 1 rings (SSSR count). The van der Waals surface area contributed by atoms with Crippen LogP contribution in [0.25, 0.3) is 0 Å². The second kappa shape index (κ2) is 6.78. The van der Waals surface area contributed by atoms with Gasteiger partial charge < -0.3 is 10.5 Å². The number of halogens is 1. The maximum absolute atomic E-state index is 11.9. The van der Waals surface area contributed by atoms with Crippen molar-refractivity contribution in [1.82, 2.24) is 0 Å². The van der Waals surface area contributed by atoms with Crippen molar-refractivity contribution in [3.63, 3.8) is 0 Å². The lowest BCUT2D eigenvalue weighted by atomic mass is 10.00. The predicted octanol–water partition coefficient (Wildman–Crippen LogP) is 3.87. The zero-order chi connectivity index (χ0) is 13.7. The molecule has 0 amide bonds. The fraction of sp³-hybridized carbons (Fsp3) is 0.500. The molecule has 1 unspecified atom stereocenters. The van der Waals surface area contributed by atoms with Crippen molar-refractivity contribution in [2.75, 3.05) is 12.3 Å². The molecule has 2 N–H and O–H groups in total. The fourth-order valence-corrected chi connectivity index (χ4v) is 2.28. The maximum Gasteiger partial charge on any atom is 0.339 e. The number of hydrogen-bond donors (Lipinski definition) is 1. The summed E-state index contributed by atoms with van der Waals surface area (Å²) in [5, 5.41) is 0. The van der Waals surface area contributed by atoms with E-state index in [9.17, 15) is 4.79 Å². The molecule has 3 nitrogen and oxygen atoms in total. The van der Waals surface area contributed by atoms with Crippen molar-refractivity contribution in [2.45, 2.75) is 27.2 Å². The summed E-state index contributed by atoms with van der Waals surface area (Å²) in [6.07, 6.45) is 1.05. The minimum atomic E-state index is -0.329. The number of rotatable bonds is 5. The first-order valence-corrected chi connectivity index (χ1v) is 6.91. The van der Waals surface area contributed by atoms with E-state index in [0.717, 1.165) is 6.42 Å². The summed E-state index contributed by atoms with van der Waals surface area (Å²) in [5.41, 5.74) is 6.69. The highest BCUT2D eigenvalue weighted by atomic mass is 79.9. The fourth-order valence-electron chi connectivity index (χ4n) is 1.87. The van der Waals surface area contributed by atoms with E-state index < -0.39 is 0 Å². The highest BCUT2D eigenvalue weighted by molar-refractivity contribution is 9.10. The summed E-state index contributed by atoms with van der Waals surface area (Å²) in [6, 6.07) is 5.12. The molecule has 0 spiro atoms. The van der Waals surface area contributed by atoms with Gasteiger partial charge in [0.25, 0.3) is 0 Å². The third kappa shape index (κ3) is 4.69. The summed E-state index contributed by atoms with van der Waals surface area (Å²) in [5.74, 6) is 0.649. The summed E-state index contributed by atoms with van der Waals surface area (Å²) < 4.78 is 6.01. The number of hydrogen-bond acceptors (Lipinski definition) is 3. The number of ether oxygens (including phenoxy) is 1. The molecule has 0 heterocycles. The van der Waals surface area contributed by atoms with Gasteiger partial charge in [0, 0.05) is 10.2 Å². The predicted molar refractivity (Wildman–Crippen MR) is 77.5 cm³/mol. The molecular formula is C14H20BrNO2. The molecule has 0 bridgehead atoms. The largest absolute Gasteiger partial charge is 0.462 e. The quantitative estimate of drug-likeness (QED) is 0.663. The third-order valence-electron chi connectivity index (χ3n) is 2.58. The smallest absolute Gasteiger partial charge is 0.339 e. The monoisotopic (exact) mass is 313 g/mol. The van der Waals surface area contributed by atoms with Gasteiger partial charge in [-0.3, -0.25) is 0 Å². The lowest BCUT2D eigenvalue weighted by molar-refractivity contribution is 0.0435. The molecule has 1 aromatic carbocycles. The number of nitrogens with two attached hydrogens (primary N) is 1. The van der Waals surface area contributed by atoms with Gasteiger partial charge in [-0.2, -0.15) is 0 Å². The van der Waals surface area contributed by atoms with Gasteiger partial charge in [0.2, 0.25) is 0 Å². The SMILES string of the molecule is CC(C)CC(C)COC(=O)c1cc(N)ccc1Br. The molecule has 18 heavy (non-hydrogen) atoms. The van der Waals surface area contributed by atoms with Crippen LogP contribution in [0.5, 0.6) is 0 Å². The standard InChI is InChI=1S/C14H20BrNO2/c1-9(2)6-10(3)8-18-14(17)12-7-11(16)4-5-13(12)15/h4-5,7,9-10H,6,8,16H2,1-3H3. The highest BCUT2D eigenvalue weighted by Crippen LogP contribution is 2.21. The number of nitrogen functional groups attached to an aromatic ring is 1. The average molecular weight is 314 g/mol. The Balaban J connectivity index is 2.58. The van der Waals surface area contributed by atoms with E-state index in [4.69, 9.17) is 10.5 Å². The van der Waals surface area contributed by atoms with Crippen molar-refractivity contribution < 1.29 is 9.53 Å². The molecular weight excluding hydrogens is 294 g/mol. The first-order chi connectivity index (χ1) is 8.40. The molecule has 0 aliphatic heterocycles. The first kappa shape index (κ1) is 15.0. The Bertz CT molecular complexity index is 418. The van der Waals surface area contributed by atoms with Gasteiger partial charge in [0.1, 0.15) is 0 Å². The Morgan fingerprint density at radius 3 is 2.67 bits per heavy atom. The van der Waals surface area contributed by atoms with Crippen molar-refractivity contribution in [3.8, 4) is 0 Å². The second-order valence-corrected chi connectivity index (χ2v) is 5.93. The Kier molecular flexibility index (Phi) is 5.66. The Labute approximate surface area is 117 Å². The molecule has 1 atom stereocenters. The molecule has 0 aliphatic carbocycles. The number of carbonyl (C=O) groups excluding carboxylic acids is 1. The Morgan fingerprint density at radius 2 is 2.06 bits per heavy atom. The van der Waals surface area contributed by atoms with E-state index in [0.29, 0.717) is 34.2 Å². The molecule has 100 valence electrons. The highest BCUT2D eigenvalue weighted by Gasteiger charge is 2.14. The number of benzene rings is 1.